The van der Waals surface area contributed by atoms with Crippen molar-refractivity contribution in [3.63, 3.8) is 0 Å². The molecule has 0 aliphatic rings. The van der Waals surface area contributed by atoms with Gasteiger partial charge in [0.25, 0.3) is 0 Å². The summed E-state index contributed by atoms with van der Waals surface area (Å²) in [5.41, 5.74) is 1.20. The van der Waals surface area contributed by atoms with E-state index in [0.717, 1.165) is 0 Å². The summed E-state index contributed by atoms with van der Waals surface area (Å²) in [6.07, 6.45) is 3.76. The van der Waals surface area contributed by atoms with Crippen molar-refractivity contribution in [2.24, 2.45) is 0 Å². The van der Waals surface area contributed by atoms with E-state index < -0.39 is 0 Å². The Labute approximate surface area is 74.1 Å². The minimum absolute atomic E-state index is 0. The first-order valence-corrected chi connectivity index (χ1v) is 2.94. The molecule has 0 aromatic heterocycles. The number of benzene rings is 1. The van der Waals surface area contributed by atoms with Gasteiger partial charge in [-0.3, -0.25) is 0 Å². The van der Waals surface area contributed by atoms with Gasteiger partial charge >= 0.3 is 18.9 Å². The van der Waals surface area contributed by atoms with E-state index >= 15 is 0 Å². The van der Waals surface area contributed by atoms with Crippen molar-refractivity contribution in [3.05, 3.63) is 48.9 Å². The van der Waals surface area contributed by atoms with Crippen LogP contribution >= 0.6 is 0 Å². The predicted octanol–water partition coefficient (Wildman–Crippen LogP) is 1.89. The van der Waals surface area contributed by atoms with Crippen LogP contribution in [0.5, 0.6) is 0 Å². The molecule has 0 nitrogen and oxygen atoms in total. The van der Waals surface area contributed by atoms with Crippen LogP contribution in [0.4, 0.5) is 0 Å². The zero-order chi connectivity index (χ0) is 6.53. The van der Waals surface area contributed by atoms with Crippen LogP contribution < -0.4 is 0 Å². The third kappa shape index (κ3) is 2.92. The van der Waals surface area contributed by atoms with Gasteiger partial charge < -0.3 is 0 Å². The van der Waals surface area contributed by atoms with Crippen molar-refractivity contribution < 1.29 is 0 Å². The molecule has 1 aromatic carbocycles. The summed E-state index contributed by atoms with van der Waals surface area (Å²) >= 11 is 0. The Morgan fingerprint density at radius 2 is 1.70 bits per heavy atom. The zero-order valence-electron chi connectivity index (χ0n) is 5.25. The topological polar surface area (TPSA) is 0 Å². The molecule has 1 rings (SSSR count). The standard InChI is InChI=1S/C9H9.Li.H/c1-2-6-9-7-4-3-5-8-9;;/h2-8H,1H2;;/b6-2+;;. The number of hydrogen-bond donors (Lipinski definition) is 0. The SMILES string of the molecule is [CH2]/C=C/c1ccccc1.[LiH]. The first-order valence-electron chi connectivity index (χ1n) is 2.94. The molecule has 0 saturated carbocycles. The van der Waals surface area contributed by atoms with Gasteiger partial charge in [0.15, 0.2) is 0 Å². The maximum atomic E-state index is 3.60. The third-order valence-electron chi connectivity index (χ3n) is 1.11. The molecule has 1 radical (unpaired) electrons. The molecular weight excluding hydrogens is 115 g/mol. The van der Waals surface area contributed by atoms with E-state index in [-0.39, 0.29) is 18.9 Å². The van der Waals surface area contributed by atoms with Crippen molar-refractivity contribution in [1.82, 2.24) is 0 Å². The molecule has 47 valence electrons. The number of allylic oxidation sites excluding steroid dienone is 1. The second-order valence-electron chi connectivity index (χ2n) is 1.81. The van der Waals surface area contributed by atoms with Crippen molar-refractivity contribution in [2.75, 3.05) is 0 Å². The first-order chi connectivity index (χ1) is 4.43. The zero-order valence-corrected chi connectivity index (χ0v) is 5.25. The molecule has 10 heavy (non-hydrogen) atoms. The van der Waals surface area contributed by atoms with Gasteiger partial charge in [0, 0.05) is 0 Å². The van der Waals surface area contributed by atoms with Gasteiger partial charge in [-0.15, -0.1) is 0 Å². The van der Waals surface area contributed by atoms with Crippen LogP contribution in [-0.4, -0.2) is 18.9 Å². The van der Waals surface area contributed by atoms with Gasteiger partial charge in [-0.25, -0.2) is 0 Å². The van der Waals surface area contributed by atoms with E-state index in [1.807, 2.05) is 36.4 Å². The van der Waals surface area contributed by atoms with Crippen LogP contribution in [0, 0.1) is 6.92 Å². The molecule has 0 aliphatic carbocycles. The third-order valence-corrected chi connectivity index (χ3v) is 1.11. The Morgan fingerprint density at radius 3 is 2.20 bits per heavy atom. The summed E-state index contributed by atoms with van der Waals surface area (Å²) in [6.45, 7) is 3.60. The van der Waals surface area contributed by atoms with E-state index in [0.29, 0.717) is 0 Å². The second-order valence-corrected chi connectivity index (χ2v) is 1.81. The Kier molecular flexibility index (Phi) is 5.11. The average Bonchev–Trinajstić information content (AvgIpc) is 1.91. The van der Waals surface area contributed by atoms with Crippen LogP contribution in [0.3, 0.4) is 0 Å². The quantitative estimate of drug-likeness (QED) is 0.503. The molecule has 1 aromatic rings. The van der Waals surface area contributed by atoms with Gasteiger partial charge in [0.2, 0.25) is 0 Å². The molecule has 0 atom stereocenters. The first kappa shape index (κ1) is 9.56. The van der Waals surface area contributed by atoms with E-state index in [1.54, 1.807) is 6.08 Å². The van der Waals surface area contributed by atoms with E-state index in [1.165, 1.54) is 5.56 Å². The Morgan fingerprint density at radius 1 is 1.10 bits per heavy atom. The van der Waals surface area contributed by atoms with Crippen LogP contribution in [0.1, 0.15) is 5.56 Å². The summed E-state index contributed by atoms with van der Waals surface area (Å²) in [5.74, 6) is 0. The van der Waals surface area contributed by atoms with Crippen LogP contribution in [0.2, 0.25) is 0 Å². The number of rotatable bonds is 1. The minimum atomic E-state index is 0. The van der Waals surface area contributed by atoms with Gasteiger partial charge in [0.1, 0.15) is 0 Å². The van der Waals surface area contributed by atoms with E-state index in [4.69, 9.17) is 0 Å². The Balaban J connectivity index is 0.000000810. The van der Waals surface area contributed by atoms with Crippen LogP contribution in [-0.2, 0) is 0 Å². The predicted molar refractivity (Wildman–Crippen MR) is 48.0 cm³/mol. The molecule has 0 aliphatic heterocycles. The average molecular weight is 125 g/mol. The summed E-state index contributed by atoms with van der Waals surface area (Å²) in [7, 11) is 0. The van der Waals surface area contributed by atoms with E-state index in [9.17, 15) is 0 Å². The second kappa shape index (κ2) is 5.35. The van der Waals surface area contributed by atoms with Gasteiger partial charge in [-0.1, -0.05) is 42.5 Å². The molecule has 0 heterocycles. The molecule has 0 fully saturated rings. The fourth-order valence-corrected chi connectivity index (χ4v) is 0.700. The Hall–Kier alpha value is -0.443. The van der Waals surface area contributed by atoms with E-state index in [2.05, 4.69) is 6.92 Å². The van der Waals surface area contributed by atoms with Crippen molar-refractivity contribution in [3.8, 4) is 0 Å². The van der Waals surface area contributed by atoms with Gasteiger partial charge in [-0.2, -0.15) is 0 Å². The molecule has 0 amide bonds. The summed E-state index contributed by atoms with van der Waals surface area (Å²) < 4.78 is 0. The van der Waals surface area contributed by atoms with Gasteiger partial charge in [-0.05, 0) is 12.5 Å². The summed E-state index contributed by atoms with van der Waals surface area (Å²) in [5, 5.41) is 0. The molecule has 0 spiro atoms. The fourth-order valence-electron chi connectivity index (χ4n) is 0.700. The maximum absolute atomic E-state index is 3.60. The normalized spacial score (nSPS) is 9.30. The molecule has 1 heteroatoms. The molecule has 0 unspecified atom stereocenters. The Bertz CT molecular complexity index is 189. The molecule has 0 bridgehead atoms. The van der Waals surface area contributed by atoms with Gasteiger partial charge in [0.05, 0.1) is 0 Å². The summed E-state index contributed by atoms with van der Waals surface area (Å²) in [6, 6.07) is 10.1. The molecule has 0 N–H and O–H groups in total. The van der Waals surface area contributed by atoms with Crippen LogP contribution in [0.25, 0.3) is 6.08 Å². The summed E-state index contributed by atoms with van der Waals surface area (Å²) in [4.78, 5) is 0. The monoisotopic (exact) mass is 125 g/mol. The van der Waals surface area contributed by atoms with Crippen molar-refractivity contribution in [2.45, 2.75) is 0 Å². The van der Waals surface area contributed by atoms with Crippen molar-refractivity contribution in [1.29, 1.82) is 0 Å². The van der Waals surface area contributed by atoms with Crippen LogP contribution in [0.15, 0.2) is 36.4 Å². The fraction of sp³-hybridized carbons (Fsp3) is 0. The molecule has 0 saturated heterocycles. The number of hydrogen-bond acceptors (Lipinski definition) is 0. The molecular formula is C9H10Li. The van der Waals surface area contributed by atoms with Crippen molar-refractivity contribution >= 4 is 24.9 Å².